The molecule has 0 aliphatic carbocycles. The minimum Gasteiger partial charge on any atom is -0.399 e. The van der Waals surface area contributed by atoms with Crippen molar-refractivity contribution in [1.29, 1.82) is 0 Å². The molecule has 0 aliphatic heterocycles. The number of nitrogens with one attached hydrogen (secondary N) is 2. The van der Waals surface area contributed by atoms with Crippen molar-refractivity contribution in [2.24, 2.45) is 11.6 Å². The molecule has 0 fully saturated rings. The molecule has 0 rings (SSSR count). The highest BCUT2D eigenvalue weighted by atomic mass is 16.1. The molecule has 5 nitrogen and oxygen atoms in total. The third-order valence-electron chi connectivity index (χ3n) is 1.53. The monoisotopic (exact) mass is 238 g/mol. The number of amides is 1. The van der Waals surface area contributed by atoms with E-state index in [0.29, 0.717) is 18.7 Å². The van der Waals surface area contributed by atoms with Crippen LogP contribution in [0.15, 0.2) is 48.4 Å². The number of nitrogens with two attached hydrogens (primary N) is 2. The summed E-state index contributed by atoms with van der Waals surface area (Å²) in [6, 6.07) is 0. The number of hydrogen-bond donors (Lipinski definition) is 4. The van der Waals surface area contributed by atoms with Gasteiger partial charge in [-0.1, -0.05) is 36.5 Å². The molecule has 96 valence electrons. The van der Waals surface area contributed by atoms with Gasteiger partial charge in [0, 0.05) is 11.9 Å². The van der Waals surface area contributed by atoms with E-state index in [2.05, 4.69) is 17.3 Å². The molecule has 6 N–H and O–H groups in total. The molecule has 0 aliphatic rings. The molecule has 17 heavy (non-hydrogen) atoms. The summed E-state index contributed by atoms with van der Waals surface area (Å²) in [7, 11) is 0. The highest BCUT2D eigenvalue weighted by Crippen LogP contribution is 1.91. The highest BCUT2D eigenvalue weighted by molar-refractivity contribution is 5.46. The van der Waals surface area contributed by atoms with Gasteiger partial charge in [0.05, 0.1) is 6.54 Å². The third kappa shape index (κ3) is 16.7. The van der Waals surface area contributed by atoms with Crippen LogP contribution in [0, 0.1) is 0 Å². The maximum absolute atomic E-state index is 9.67. The second-order valence-electron chi connectivity index (χ2n) is 3.03. The first kappa shape index (κ1) is 17.4. The van der Waals surface area contributed by atoms with E-state index in [1.165, 1.54) is 11.8 Å². The summed E-state index contributed by atoms with van der Waals surface area (Å²) in [5.74, 6) is 4.88. The first-order chi connectivity index (χ1) is 8.12. The smallest absolute Gasteiger partial charge is 0.207 e. The third-order valence-corrected chi connectivity index (χ3v) is 1.53. The zero-order chi connectivity index (χ0) is 13.5. The molecular formula is C12H22N4O. The van der Waals surface area contributed by atoms with Crippen LogP contribution in [0.1, 0.15) is 13.8 Å². The predicted molar refractivity (Wildman–Crippen MR) is 72.4 cm³/mol. The van der Waals surface area contributed by atoms with Gasteiger partial charge in [-0.05, 0) is 13.8 Å². The van der Waals surface area contributed by atoms with E-state index >= 15 is 0 Å². The Bertz CT molecular complexity index is 293. The highest BCUT2D eigenvalue weighted by Gasteiger charge is 1.83. The van der Waals surface area contributed by atoms with Crippen LogP contribution in [0.3, 0.4) is 0 Å². The lowest BCUT2D eigenvalue weighted by Crippen LogP contribution is -2.23. The molecule has 0 saturated carbocycles. The summed E-state index contributed by atoms with van der Waals surface area (Å²) < 4.78 is 0. The maximum Gasteiger partial charge on any atom is 0.207 e. The molecule has 0 aromatic carbocycles. The van der Waals surface area contributed by atoms with Crippen LogP contribution < -0.4 is 22.3 Å². The molecule has 0 atom stereocenters. The largest absolute Gasteiger partial charge is 0.399 e. The Kier molecular flexibility index (Phi) is 14.3. The number of allylic oxidation sites excluding steroid dienone is 5. The second-order valence-corrected chi connectivity index (χ2v) is 3.03. The SMILES string of the molecule is C=C/C(C)=C\C=C/C.NN/C=C(\N)CNC=O. The Labute approximate surface area is 103 Å². The van der Waals surface area contributed by atoms with E-state index in [9.17, 15) is 4.79 Å². The Balaban J connectivity index is 0. The van der Waals surface area contributed by atoms with Crippen LogP contribution >= 0.6 is 0 Å². The molecule has 5 heteroatoms. The van der Waals surface area contributed by atoms with E-state index in [4.69, 9.17) is 11.6 Å². The summed E-state index contributed by atoms with van der Waals surface area (Å²) >= 11 is 0. The van der Waals surface area contributed by atoms with Gasteiger partial charge in [0.15, 0.2) is 0 Å². The van der Waals surface area contributed by atoms with Crippen molar-refractivity contribution >= 4 is 6.41 Å². The summed E-state index contributed by atoms with van der Waals surface area (Å²) in [5, 5.41) is 2.36. The number of carbonyl (C=O) groups excluding carboxylic acids is 1. The van der Waals surface area contributed by atoms with Gasteiger partial charge in [0.1, 0.15) is 0 Å². The van der Waals surface area contributed by atoms with Crippen molar-refractivity contribution in [3.05, 3.63) is 48.4 Å². The lowest BCUT2D eigenvalue weighted by Gasteiger charge is -1.97. The quantitative estimate of drug-likeness (QED) is 0.237. The Morgan fingerprint density at radius 2 is 2.12 bits per heavy atom. The minimum absolute atomic E-state index is 0.313. The number of hydrogen-bond acceptors (Lipinski definition) is 4. The first-order valence-corrected chi connectivity index (χ1v) is 5.12. The Morgan fingerprint density at radius 3 is 2.53 bits per heavy atom. The molecule has 1 amide bonds. The zero-order valence-corrected chi connectivity index (χ0v) is 10.4. The van der Waals surface area contributed by atoms with E-state index in [-0.39, 0.29) is 0 Å². The first-order valence-electron chi connectivity index (χ1n) is 5.12. The summed E-state index contributed by atoms with van der Waals surface area (Å²) in [6.07, 6.45) is 9.81. The van der Waals surface area contributed by atoms with Crippen LogP contribution in [0.2, 0.25) is 0 Å². The van der Waals surface area contributed by atoms with Crippen LogP contribution in [-0.4, -0.2) is 13.0 Å². The summed E-state index contributed by atoms with van der Waals surface area (Å²) in [4.78, 5) is 9.67. The standard InChI is InChI=1S/C8H12.C4H10N4O/c1-4-6-7-8(3)5-2;5-4(2-8-6)1-7-3-9/h4-7H,2H2,1,3H3;2-3,8H,1,5-6H2,(H,7,9)/b6-4-,8-7-;4-2-. The van der Waals surface area contributed by atoms with Gasteiger partial charge in [-0.3, -0.25) is 10.6 Å². The van der Waals surface area contributed by atoms with Crippen molar-refractivity contribution < 1.29 is 4.79 Å². The van der Waals surface area contributed by atoms with E-state index in [1.807, 2.05) is 38.2 Å². The number of rotatable bonds is 6. The van der Waals surface area contributed by atoms with E-state index < -0.39 is 0 Å². The molecule has 0 unspecified atom stereocenters. The van der Waals surface area contributed by atoms with Crippen LogP contribution in [0.5, 0.6) is 0 Å². The molecule has 0 bridgehead atoms. The fraction of sp³-hybridized carbons (Fsp3) is 0.250. The van der Waals surface area contributed by atoms with Crippen molar-refractivity contribution in [2.45, 2.75) is 13.8 Å². The van der Waals surface area contributed by atoms with Crippen molar-refractivity contribution in [1.82, 2.24) is 10.7 Å². The Morgan fingerprint density at radius 1 is 1.47 bits per heavy atom. The predicted octanol–water partition coefficient (Wildman–Crippen LogP) is 0.691. The van der Waals surface area contributed by atoms with Crippen LogP contribution in [0.25, 0.3) is 0 Å². The molecular weight excluding hydrogens is 216 g/mol. The Hall–Kier alpha value is -2.01. The fourth-order valence-corrected chi connectivity index (χ4v) is 0.634. The molecule has 0 spiro atoms. The van der Waals surface area contributed by atoms with Crippen molar-refractivity contribution in [2.75, 3.05) is 6.54 Å². The molecule has 0 aromatic rings. The normalized spacial score (nSPS) is 11.5. The van der Waals surface area contributed by atoms with Gasteiger partial charge in [0.25, 0.3) is 0 Å². The summed E-state index contributed by atoms with van der Waals surface area (Å²) in [5.41, 5.74) is 9.17. The van der Waals surface area contributed by atoms with Gasteiger partial charge < -0.3 is 16.5 Å². The number of hydrazine groups is 1. The fourth-order valence-electron chi connectivity index (χ4n) is 0.634. The van der Waals surface area contributed by atoms with Gasteiger partial charge >= 0.3 is 0 Å². The maximum atomic E-state index is 9.67. The molecule has 0 radical (unpaired) electrons. The lowest BCUT2D eigenvalue weighted by atomic mass is 10.3. The molecule has 0 aromatic heterocycles. The van der Waals surface area contributed by atoms with E-state index in [0.717, 1.165) is 0 Å². The van der Waals surface area contributed by atoms with Gasteiger partial charge in [0.2, 0.25) is 6.41 Å². The molecule has 0 heterocycles. The second kappa shape index (κ2) is 14.0. The summed E-state index contributed by atoms with van der Waals surface area (Å²) in [6.45, 7) is 7.94. The average molecular weight is 238 g/mol. The van der Waals surface area contributed by atoms with Gasteiger partial charge in [-0.25, -0.2) is 0 Å². The van der Waals surface area contributed by atoms with Crippen LogP contribution in [-0.2, 0) is 4.79 Å². The molecule has 0 saturated heterocycles. The van der Waals surface area contributed by atoms with Crippen molar-refractivity contribution in [3.63, 3.8) is 0 Å². The number of carbonyl (C=O) groups is 1. The van der Waals surface area contributed by atoms with Crippen molar-refractivity contribution in [3.8, 4) is 0 Å². The van der Waals surface area contributed by atoms with E-state index in [1.54, 1.807) is 0 Å². The zero-order valence-electron chi connectivity index (χ0n) is 10.4. The average Bonchev–Trinajstić information content (AvgIpc) is 2.34. The minimum atomic E-state index is 0.313. The lowest BCUT2D eigenvalue weighted by molar-refractivity contribution is -0.109. The van der Waals surface area contributed by atoms with Gasteiger partial charge in [-0.2, -0.15) is 0 Å². The van der Waals surface area contributed by atoms with Crippen LogP contribution in [0.4, 0.5) is 0 Å². The topological polar surface area (TPSA) is 93.2 Å². The van der Waals surface area contributed by atoms with Gasteiger partial charge in [-0.15, -0.1) is 0 Å².